The SMILES string of the molecule is CCNC(CC)c1ccc(N(C)CCCOC)cn1. The van der Waals surface area contributed by atoms with Gasteiger partial charge in [0.25, 0.3) is 0 Å². The van der Waals surface area contributed by atoms with Crippen LogP contribution in [0.5, 0.6) is 0 Å². The van der Waals surface area contributed by atoms with Gasteiger partial charge in [-0.3, -0.25) is 4.98 Å². The molecule has 1 aromatic rings. The molecule has 1 heterocycles. The molecule has 1 N–H and O–H groups in total. The Hall–Kier alpha value is -1.13. The molecule has 0 aliphatic carbocycles. The lowest BCUT2D eigenvalue weighted by Gasteiger charge is -2.20. The molecule has 0 amide bonds. The van der Waals surface area contributed by atoms with E-state index in [1.54, 1.807) is 7.11 Å². The summed E-state index contributed by atoms with van der Waals surface area (Å²) in [6, 6.07) is 4.63. The molecule has 4 nitrogen and oxygen atoms in total. The normalized spacial score (nSPS) is 12.4. The van der Waals surface area contributed by atoms with Crippen molar-refractivity contribution >= 4 is 5.69 Å². The molecule has 0 saturated heterocycles. The highest BCUT2D eigenvalue weighted by Crippen LogP contribution is 2.17. The van der Waals surface area contributed by atoms with Crippen LogP contribution >= 0.6 is 0 Å². The molecule has 0 aliphatic heterocycles. The number of methoxy groups -OCH3 is 1. The van der Waals surface area contributed by atoms with E-state index in [9.17, 15) is 0 Å². The maximum Gasteiger partial charge on any atom is 0.0574 e. The van der Waals surface area contributed by atoms with Crippen molar-refractivity contribution in [1.29, 1.82) is 0 Å². The summed E-state index contributed by atoms with van der Waals surface area (Å²) in [5.41, 5.74) is 2.28. The number of nitrogens with zero attached hydrogens (tertiary/aromatic N) is 2. The Balaban J connectivity index is 2.59. The van der Waals surface area contributed by atoms with Crippen LogP contribution in [0.4, 0.5) is 5.69 Å². The van der Waals surface area contributed by atoms with Crippen molar-refractivity contribution in [1.82, 2.24) is 10.3 Å². The van der Waals surface area contributed by atoms with Gasteiger partial charge in [0, 0.05) is 33.4 Å². The van der Waals surface area contributed by atoms with E-state index in [1.807, 2.05) is 6.20 Å². The molecular weight excluding hydrogens is 238 g/mol. The zero-order chi connectivity index (χ0) is 14.1. The van der Waals surface area contributed by atoms with E-state index < -0.39 is 0 Å². The summed E-state index contributed by atoms with van der Waals surface area (Å²) >= 11 is 0. The minimum atomic E-state index is 0.359. The van der Waals surface area contributed by atoms with Gasteiger partial charge in [0.1, 0.15) is 0 Å². The topological polar surface area (TPSA) is 37.4 Å². The second-order valence-corrected chi connectivity index (χ2v) is 4.73. The lowest BCUT2D eigenvalue weighted by Crippen LogP contribution is -2.22. The Bertz CT molecular complexity index is 340. The van der Waals surface area contributed by atoms with Crippen molar-refractivity contribution in [2.24, 2.45) is 0 Å². The average Bonchev–Trinajstić information content (AvgIpc) is 2.45. The van der Waals surface area contributed by atoms with Crippen molar-refractivity contribution < 1.29 is 4.74 Å². The summed E-state index contributed by atoms with van der Waals surface area (Å²) in [5, 5.41) is 3.45. The number of aromatic nitrogens is 1. The van der Waals surface area contributed by atoms with Crippen LogP contribution in [0, 0.1) is 0 Å². The standard InChI is InChI=1S/C15H27N3O/c1-5-14(16-6-2)15-9-8-13(12-17-15)18(3)10-7-11-19-4/h8-9,12,14,16H,5-7,10-11H2,1-4H3. The van der Waals surface area contributed by atoms with E-state index in [0.29, 0.717) is 6.04 Å². The minimum Gasteiger partial charge on any atom is -0.385 e. The van der Waals surface area contributed by atoms with Gasteiger partial charge in [-0.15, -0.1) is 0 Å². The second-order valence-electron chi connectivity index (χ2n) is 4.73. The molecule has 0 spiro atoms. The number of rotatable bonds is 9. The molecular formula is C15H27N3O. The highest BCUT2D eigenvalue weighted by Gasteiger charge is 2.09. The Kier molecular flexibility index (Phi) is 7.45. The number of anilines is 1. The number of hydrogen-bond donors (Lipinski definition) is 1. The molecule has 108 valence electrons. The lowest BCUT2D eigenvalue weighted by atomic mass is 10.1. The molecule has 1 rings (SSSR count). The number of hydrogen-bond acceptors (Lipinski definition) is 4. The smallest absolute Gasteiger partial charge is 0.0574 e. The van der Waals surface area contributed by atoms with Gasteiger partial charge in [0.2, 0.25) is 0 Å². The van der Waals surface area contributed by atoms with Crippen LogP contribution in [0.15, 0.2) is 18.3 Å². The Morgan fingerprint density at radius 3 is 2.68 bits per heavy atom. The van der Waals surface area contributed by atoms with Crippen LogP contribution in [-0.4, -0.2) is 38.8 Å². The Morgan fingerprint density at radius 1 is 1.37 bits per heavy atom. The third-order valence-electron chi connectivity index (χ3n) is 3.27. The van der Waals surface area contributed by atoms with E-state index >= 15 is 0 Å². The predicted octanol–water partition coefficient (Wildman–Crippen LogP) is 2.61. The summed E-state index contributed by atoms with van der Waals surface area (Å²) in [7, 11) is 3.83. The summed E-state index contributed by atoms with van der Waals surface area (Å²) in [4.78, 5) is 6.79. The fourth-order valence-electron chi connectivity index (χ4n) is 2.11. The summed E-state index contributed by atoms with van der Waals surface area (Å²) in [6.45, 7) is 7.06. The van der Waals surface area contributed by atoms with Crippen molar-refractivity contribution in [2.75, 3.05) is 38.8 Å². The summed E-state index contributed by atoms with van der Waals surface area (Å²) in [5.74, 6) is 0. The van der Waals surface area contributed by atoms with E-state index in [1.165, 1.54) is 0 Å². The number of nitrogens with one attached hydrogen (secondary N) is 1. The van der Waals surface area contributed by atoms with Gasteiger partial charge in [0.05, 0.1) is 17.6 Å². The number of ether oxygens (including phenoxy) is 1. The lowest BCUT2D eigenvalue weighted by molar-refractivity contribution is 0.196. The highest BCUT2D eigenvalue weighted by atomic mass is 16.5. The van der Waals surface area contributed by atoms with Crippen molar-refractivity contribution in [2.45, 2.75) is 32.7 Å². The van der Waals surface area contributed by atoms with Crippen molar-refractivity contribution in [3.63, 3.8) is 0 Å². The van der Waals surface area contributed by atoms with E-state index in [2.05, 4.69) is 48.2 Å². The van der Waals surface area contributed by atoms with Crippen molar-refractivity contribution in [3.05, 3.63) is 24.0 Å². The average molecular weight is 265 g/mol. The number of pyridine rings is 1. The van der Waals surface area contributed by atoms with Crippen LogP contribution in [0.1, 0.15) is 38.4 Å². The zero-order valence-corrected chi connectivity index (χ0v) is 12.6. The fourth-order valence-corrected chi connectivity index (χ4v) is 2.11. The molecule has 4 heteroatoms. The molecule has 0 fully saturated rings. The van der Waals surface area contributed by atoms with E-state index in [0.717, 1.165) is 43.9 Å². The zero-order valence-electron chi connectivity index (χ0n) is 12.6. The van der Waals surface area contributed by atoms with Crippen LogP contribution in [-0.2, 0) is 4.74 Å². The van der Waals surface area contributed by atoms with Gasteiger partial charge in [-0.1, -0.05) is 13.8 Å². The van der Waals surface area contributed by atoms with Gasteiger partial charge in [-0.25, -0.2) is 0 Å². The molecule has 1 atom stereocenters. The molecule has 0 bridgehead atoms. The van der Waals surface area contributed by atoms with Crippen molar-refractivity contribution in [3.8, 4) is 0 Å². The van der Waals surface area contributed by atoms with Gasteiger partial charge in [0.15, 0.2) is 0 Å². The maximum absolute atomic E-state index is 5.07. The maximum atomic E-state index is 5.07. The van der Waals surface area contributed by atoms with Gasteiger partial charge in [-0.05, 0) is 31.5 Å². The fraction of sp³-hybridized carbons (Fsp3) is 0.667. The first-order chi connectivity index (χ1) is 9.22. The monoisotopic (exact) mass is 265 g/mol. The van der Waals surface area contributed by atoms with Gasteiger partial charge >= 0.3 is 0 Å². The highest BCUT2D eigenvalue weighted by molar-refractivity contribution is 5.43. The molecule has 1 aromatic heterocycles. The quantitative estimate of drug-likeness (QED) is 0.696. The van der Waals surface area contributed by atoms with Gasteiger partial charge < -0.3 is 15.0 Å². The predicted molar refractivity (Wildman–Crippen MR) is 80.7 cm³/mol. The second kappa shape index (κ2) is 8.88. The Labute approximate surface area is 117 Å². The summed E-state index contributed by atoms with van der Waals surface area (Å²) < 4.78 is 5.07. The summed E-state index contributed by atoms with van der Waals surface area (Å²) in [6.07, 6.45) is 4.05. The van der Waals surface area contributed by atoms with E-state index in [-0.39, 0.29) is 0 Å². The molecule has 1 unspecified atom stereocenters. The Morgan fingerprint density at radius 2 is 2.16 bits per heavy atom. The molecule has 0 radical (unpaired) electrons. The molecule has 0 aliphatic rings. The molecule has 0 aromatic carbocycles. The third kappa shape index (κ3) is 5.17. The first kappa shape index (κ1) is 15.9. The van der Waals surface area contributed by atoms with E-state index in [4.69, 9.17) is 4.74 Å². The molecule has 0 saturated carbocycles. The molecule has 19 heavy (non-hydrogen) atoms. The first-order valence-electron chi connectivity index (χ1n) is 7.12. The van der Waals surface area contributed by atoms with Crippen LogP contribution in [0.2, 0.25) is 0 Å². The van der Waals surface area contributed by atoms with Crippen LogP contribution < -0.4 is 10.2 Å². The first-order valence-corrected chi connectivity index (χ1v) is 7.12. The minimum absolute atomic E-state index is 0.359. The third-order valence-corrected chi connectivity index (χ3v) is 3.27. The largest absolute Gasteiger partial charge is 0.385 e. The van der Waals surface area contributed by atoms with Gasteiger partial charge in [-0.2, -0.15) is 0 Å². The van der Waals surface area contributed by atoms with Crippen LogP contribution in [0.3, 0.4) is 0 Å². The van der Waals surface area contributed by atoms with Crippen LogP contribution in [0.25, 0.3) is 0 Å².